The number of benzene rings is 2. The van der Waals surface area contributed by atoms with Gasteiger partial charge in [-0.3, -0.25) is 9.69 Å². The molecule has 3 atom stereocenters. The van der Waals surface area contributed by atoms with Crippen molar-refractivity contribution in [3.8, 4) is 5.75 Å². The Morgan fingerprint density at radius 2 is 1.97 bits per heavy atom. The lowest BCUT2D eigenvalue weighted by molar-refractivity contribution is -0.122. The number of carbonyl (C=O) groups excluding carboxylic acids is 1. The lowest BCUT2D eigenvalue weighted by Crippen LogP contribution is -2.59. The third kappa shape index (κ3) is 5.45. The number of fused-ring (bicyclic) bond motifs is 3. The summed E-state index contributed by atoms with van der Waals surface area (Å²) < 4.78 is 5.65. The zero-order chi connectivity index (χ0) is 23.3. The van der Waals surface area contributed by atoms with E-state index in [4.69, 9.17) is 4.74 Å². The summed E-state index contributed by atoms with van der Waals surface area (Å²) in [6.45, 7) is 3.05. The van der Waals surface area contributed by atoms with Gasteiger partial charge in [-0.15, -0.1) is 0 Å². The van der Waals surface area contributed by atoms with E-state index < -0.39 is 0 Å². The standard InChI is InChI=1S/C28H33N3O3/c32-25-9-4-8-22(17-25)27-20-30(14-15-34-27)12-5-13-31-19-23-10-11-24(31)18-26(23)29-28(33)16-21-6-2-1-3-7-21/h1-4,6-9,14-15,17,20,23-24,26,32H,5,10-13,16,18-19H2,(H,29,33). The molecule has 1 saturated carbocycles. The summed E-state index contributed by atoms with van der Waals surface area (Å²) in [4.78, 5) is 17.3. The fourth-order valence-corrected chi connectivity index (χ4v) is 5.50. The summed E-state index contributed by atoms with van der Waals surface area (Å²) in [7, 11) is 0. The van der Waals surface area contributed by atoms with Crippen molar-refractivity contribution in [2.45, 2.75) is 44.2 Å². The first-order valence-electron chi connectivity index (χ1n) is 12.3. The molecule has 2 bridgehead atoms. The van der Waals surface area contributed by atoms with Gasteiger partial charge in [0.25, 0.3) is 0 Å². The smallest absolute Gasteiger partial charge is 0.224 e. The number of ether oxygens (including phenoxy) is 1. The summed E-state index contributed by atoms with van der Waals surface area (Å²) in [6, 6.07) is 18.0. The van der Waals surface area contributed by atoms with Crippen molar-refractivity contribution < 1.29 is 14.6 Å². The highest BCUT2D eigenvalue weighted by Crippen LogP contribution is 2.35. The van der Waals surface area contributed by atoms with Crippen LogP contribution < -0.4 is 5.32 Å². The summed E-state index contributed by atoms with van der Waals surface area (Å²) in [5, 5.41) is 13.1. The van der Waals surface area contributed by atoms with Gasteiger partial charge in [-0.2, -0.15) is 0 Å². The molecule has 2 aromatic carbocycles. The molecule has 0 radical (unpaired) electrons. The highest BCUT2D eigenvalue weighted by atomic mass is 16.5. The minimum atomic E-state index is 0.142. The second-order valence-electron chi connectivity index (χ2n) is 9.60. The Morgan fingerprint density at radius 3 is 2.76 bits per heavy atom. The number of hydrogen-bond acceptors (Lipinski definition) is 5. The van der Waals surface area contributed by atoms with Gasteiger partial charge in [0.15, 0.2) is 0 Å². The highest BCUT2D eigenvalue weighted by Gasteiger charge is 2.40. The van der Waals surface area contributed by atoms with Crippen molar-refractivity contribution in [3.63, 3.8) is 0 Å². The van der Waals surface area contributed by atoms with E-state index in [9.17, 15) is 9.90 Å². The molecule has 1 aliphatic carbocycles. The van der Waals surface area contributed by atoms with Crippen LogP contribution in [0.15, 0.2) is 73.3 Å². The number of rotatable bonds is 8. The lowest BCUT2D eigenvalue weighted by atomic mass is 9.76. The van der Waals surface area contributed by atoms with Crippen LogP contribution in [-0.2, 0) is 16.0 Å². The molecule has 0 spiro atoms. The quantitative estimate of drug-likeness (QED) is 0.622. The van der Waals surface area contributed by atoms with E-state index in [2.05, 4.69) is 15.1 Å². The molecule has 34 heavy (non-hydrogen) atoms. The van der Waals surface area contributed by atoms with Gasteiger partial charge in [-0.25, -0.2) is 0 Å². The normalized spacial score (nSPS) is 23.9. The van der Waals surface area contributed by atoms with Crippen molar-refractivity contribution in [3.05, 3.63) is 84.4 Å². The van der Waals surface area contributed by atoms with Crippen LogP contribution in [-0.4, -0.2) is 52.5 Å². The van der Waals surface area contributed by atoms with E-state index in [0.29, 0.717) is 24.4 Å². The first-order chi connectivity index (χ1) is 16.6. The molecule has 6 nitrogen and oxygen atoms in total. The van der Waals surface area contributed by atoms with Gasteiger partial charge >= 0.3 is 0 Å². The monoisotopic (exact) mass is 459 g/mol. The fraction of sp³-hybridized carbons (Fsp3) is 0.393. The third-order valence-corrected chi connectivity index (χ3v) is 7.23. The number of hydrogen-bond donors (Lipinski definition) is 2. The summed E-state index contributed by atoms with van der Waals surface area (Å²) in [5.41, 5.74) is 1.93. The predicted molar refractivity (Wildman–Crippen MR) is 132 cm³/mol. The van der Waals surface area contributed by atoms with E-state index in [1.807, 2.05) is 54.9 Å². The van der Waals surface area contributed by atoms with Crippen molar-refractivity contribution in [1.29, 1.82) is 0 Å². The average Bonchev–Trinajstić information content (AvgIpc) is 2.85. The molecule has 178 valence electrons. The minimum Gasteiger partial charge on any atom is -0.508 e. The van der Waals surface area contributed by atoms with Crippen LogP contribution in [0.25, 0.3) is 5.76 Å². The maximum absolute atomic E-state index is 12.6. The molecule has 3 fully saturated rings. The number of phenolic OH excluding ortho intramolecular Hbond substituents is 1. The Labute approximate surface area is 201 Å². The number of piperidine rings is 2. The Hall–Kier alpha value is -3.25. The Balaban J connectivity index is 1.09. The lowest BCUT2D eigenvalue weighted by Gasteiger charge is -2.50. The molecule has 0 aromatic heterocycles. The van der Waals surface area contributed by atoms with Gasteiger partial charge in [-0.05, 0) is 49.3 Å². The Morgan fingerprint density at radius 1 is 1.09 bits per heavy atom. The van der Waals surface area contributed by atoms with E-state index >= 15 is 0 Å². The van der Waals surface area contributed by atoms with Crippen molar-refractivity contribution in [2.75, 3.05) is 19.6 Å². The van der Waals surface area contributed by atoms with E-state index in [1.165, 1.54) is 12.8 Å². The summed E-state index contributed by atoms with van der Waals surface area (Å²) in [6.07, 6.45) is 10.7. The summed E-state index contributed by atoms with van der Waals surface area (Å²) >= 11 is 0. The average molecular weight is 460 g/mol. The molecule has 2 aromatic rings. The first kappa shape index (κ1) is 22.5. The Bertz CT molecular complexity index is 1050. The van der Waals surface area contributed by atoms with Gasteiger partial charge in [-0.1, -0.05) is 42.5 Å². The number of amides is 1. The Kier molecular flexibility index (Phi) is 6.86. The van der Waals surface area contributed by atoms with Crippen LogP contribution in [0.4, 0.5) is 0 Å². The topological polar surface area (TPSA) is 65.0 Å². The molecule has 2 saturated heterocycles. The van der Waals surface area contributed by atoms with Crippen molar-refractivity contribution in [1.82, 2.24) is 15.1 Å². The van der Waals surface area contributed by atoms with Gasteiger partial charge in [0, 0.05) is 49.7 Å². The molecular weight excluding hydrogens is 426 g/mol. The molecule has 6 rings (SSSR count). The second-order valence-corrected chi connectivity index (χ2v) is 9.60. The maximum Gasteiger partial charge on any atom is 0.224 e. The number of nitrogens with one attached hydrogen (secondary N) is 1. The number of carbonyl (C=O) groups is 1. The van der Waals surface area contributed by atoms with Crippen LogP contribution in [0.3, 0.4) is 0 Å². The van der Waals surface area contributed by atoms with Crippen LogP contribution in [0.2, 0.25) is 0 Å². The molecule has 4 aliphatic rings. The molecule has 6 heteroatoms. The van der Waals surface area contributed by atoms with E-state index in [1.54, 1.807) is 18.4 Å². The number of phenols is 1. The van der Waals surface area contributed by atoms with E-state index in [0.717, 1.165) is 49.4 Å². The highest BCUT2D eigenvalue weighted by molar-refractivity contribution is 5.78. The molecule has 3 heterocycles. The van der Waals surface area contributed by atoms with Crippen LogP contribution >= 0.6 is 0 Å². The molecule has 1 amide bonds. The molecule has 2 N–H and O–H groups in total. The van der Waals surface area contributed by atoms with Crippen LogP contribution in [0.1, 0.15) is 36.8 Å². The molecular formula is C28H33N3O3. The summed E-state index contributed by atoms with van der Waals surface area (Å²) in [5.74, 6) is 1.66. The van der Waals surface area contributed by atoms with Crippen LogP contribution in [0, 0.1) is 5.92 Å². The van der Waals surface area contributed by atoms with Crippen molar-refractivity contribution in [2.24, 2.45) is 5.92 Å². The van der Waals surface area contributed by atoms with Gasteiger partial charge in [0.2, 0.25) is 5.91 Å². The second kappa shape index (κ2) is 10.3. The van der Waals surface area contributed by atoms with Gasteiger partial charge in [0.1, 0.15) is 17.8 Å². The number of nitrogens with zero attached hydrogens (tertiary/aromatic N) is 2. The largest absolute Gasteiger partial charge is 0.508 e. The number of aromatic hydroxyl groups is 1. The van der Waals surface area contributed by atoms with Gasteiger partial charge in [0.05, 0.1) is 6.42 Å². The van der Waals surface area contributed by atoms with Crippen molar-refractivity contribution >= 4 is 11.7 Å². The van der Waals surface area contributed by atoms with Gasteiger partial charge < -0.3 is 20.1 Å². The molecule has 3 unspecified atom stereocenters. The first-order valence-corrected chi connectivity index (χ1v) is 12.3. The third-order valence-electron chi connectivity index (χ3n) is 7.23. The molecule has 3 aliphatic heterocycles. The zero-order valence-electron chi connectivity index (χ0n) is 19.5. The van der Waals surface area contributed by atoms with Crippen LogP contribution in [0.5, 0.6) is 5.75 Å². The SMILES string of the molecule is O=C(Cc1ccccc1)NC1CC2CCC1CN2CCCN1C=COC(c2cccc(O)c2)=C1. The fourth-order valence-electron chi connectivity index (χ4n) is 5.50. The zero-order valence-corrected chi connectivity index (χ0v) is 19.5. The minimum absolute atomic E-state index is 0.142. The van der Waals surface area contributed by atoms with E-state index in [-0.39, 0.29) is 11.7 Å². The predicted octanol–water partition coefficient (Wildman–Crippen LogP) is 4.10. The maximum atomic E-state index is 12.6.